The van der Waals surface area contributed by atoms with Crippen LogP contribution in [0.1, 0.15) is 12.0 Å². The predicted octanol–water partition coefficient (Wildman–Crippen LogP) is 2.45. The van der Waals surface area contributed by atoms with Crippen LogP contribution in [0.5, 0.6) is 0 Å². The molecule has 3 aromatic rings. The van der Waals surface area contributed by atoms with E-state index in [1.54, 1.807) is 6.20 Å². The fourth-order valence-corrected chi connectivity index (χ4v) is 3.55. The second-order valence-electron chi connectivity index (χ2n) is 7.62. The summed E-state index contributed by atoms with van der Waals surface area (Å²) in [6.45, 7) is 6.71. The summed E-state index contributed by atoms with van der Waals surface area (Å²) in [5.41, 5.74) is 9.57. The number of nitrogens with one attached hydrogen (secondary N) is 3. The van der Waals surface area contributed by atoms with Gasteiger partial charge in [0.1, 0.15) is 5.82 Å². The van der Waals surface area contributed by atoms with Gasteiger partial charge < -0.3 is 21.7 Å². The fraction of sp³-hybridized carbons (Fsp3) is 0.348. The number of hydrogen-bond acceptors (Lipinski definition) is 8. The number of pyridine rings is 1. The second-order valence-corrected chi connectivity index (χ2v) is 7.62. The van der Waals surface area contributed by atoms with Crippen LogP contribution < -0.4 is 21.7 Å². The van der Waals surface area contributed by atoms with Crippen molar-refractivity contribution in [3.8, 4) is 11.3 Å². The van der Waals surface area contributed by atoms with Crippen LogP contribution in [0.15, 0.2) is 54.9 Å². The van der Waals surface area contributed by atoms with Crippen molar-refractivity contribution in [3.63, 3.8) is 0 Å². The molecule has 0 aliphatic carbocycles. The Bertz CT molecular complexity index is 954. The van der Waals surface area contributed by atoms with Gasteiger partial charge in [0.05, 0.1) is 5.69 Å². The van der Waals surface area contributed by atoms with E-state index in [1.165, 1.54) is 5.56 Å². The van der Waals surface area contributed by atoms with Gasteiger partial charge in [0, 0.05) is 62.9 Å². The quantitative estimate of drug-likeness (QED) is 0.393. The Balaban J connectivity index is 1.41. The number of benzene rings is 1. The van der Waals surface area contributed by atoms with Crippen LogP contribution in [0.2, 0.25) is 0 Å². The maximum atomic E-state index is 5.53. The highest BCUT2D eigenvalue weighted by atomic mass is 15.2. The zero-order valence-electron chi connectivity index (χ0n) is 17.7. The summed E-state index contributed by atoms with van der Waals surface area (Å²) in [6, 6.07) is 14.3. The van der Waals surface area contributed by atoms with Crippen molar-refractivity contribution in [3.05, 3.63) is 60.4 Å². The van der Waals surface area contributed by atoms with Crippen LogP contribution in [0.3, 0.4) is 0 Å². The number of hydrogen-bond donors (Lipinski definition) is 4. The molecule has 2 aromatic heterocycles. The van der Waals surface area contributed by atoms with Crippen molar-refractivity contribution in [1.82, 2.24) is 25.2 Å². The molecule has 162 valence electrons. The first-order chi connectivity index (χ1) is 15.3. The molecule has 0 spiro atoms. The number of rotatable bonds is 9. The highest BCUT2D eigenvalue weighted by Gasteiger charge is 2.10. The molecular formula is C23H30N8. The summed E-state index contributed by atoms with van der Waals surface area (Å²) in [5.74, 6) is 1.41. The summed E-state index contributed by atoms with van der Waals surface area (Å²) in [4.78, 5) is 16.0. The summed E-state index contributed by atoms with van der Waals surface area (Å²) in [6.07, 6.45) is 4.51. The van der Waals surface area contributed by atoms with Gasteiger partial charge in [-0.25, -0.2) is 15.0 Å². The summed E-state index contributed by atoms with van der Waals surface area (Å²) in [7, 11) is 0. The van der Waals surface area contributed by atoms with E-state index in [4.69, 9.17) is 5.73 Å². The van der Waals surface area contributed by atoms with Gasteiger partial charge in [0.25, 0.3) is 0 Å². The first-order valence-electron chi connectivity index (χ1n) is 10.8. The average molecular weight is 419 g/mol. The van der Waals surface area contributed by atoms with Crippen molar-refractivity contribution in [2.45, 2.75) is 13.0 Å². The minimum Gasteiger partial charge on any atom is -0.370 e. The van der Waals surface area contributed by atoms with E-state index in [0.29, 0.717) is 12.5 Å². The van der Waals surface area contributed by atoms with Crippen molar-refractivity contribution < 1.29 is 0 Å². The van der Waals surface area contributed by atoms with Crippen LogP contribution in [-0.2, 0) is 6.54 Å². The fourth-order valence-electron chi connectivity index (χ4n) is 3.55. The Hall–Kier alpha value is -3.07. The van der Waals surface area contributed by atoms with Crippen LogP contribution in [0, 0.1) is 0 Å². The maximum absolute atomic E-state index is 5.53. The molecule has 1 aromatic carbocycles. The Morgan fingerprint density at radius 2 is 1.97 bits per heavy atom. The zero-order chi connectivity index (χ0) is 21.3. The number of piperazine rings is 1. The van der Waals surface area contributed by atoms with Gasteiger partial charge in [0.15, 0.2) is 0 Å². The van der Waals surface area contributed by atoms with E-state index >= 15 is 0 Å². The second kappa shape index (κ2) is 10.8. The highest BCUT2D eigenvalue weighted by molar-refractivity contribution is 5.62. The van der Waals surface area contributed by atoms with Gasteiger partial charge in [0.2, 0.25) is 5.95 Å². The van der Waals surface area contributed by atoms with Gasteiger partial charge in [-0.2, -0.15) is 0 Å². The topological polar surface area (TPSA) is 104 Å². The number of anilines is 3. The third-order valence-electron chi connectivity index (χ3n) is 5.20. The van der Waals surface area contributed by atoms with E-state index < -0.39 is 0 Å². The first-order valence-corrected chi connectivity index (χ1v) is 10.8. The summed E-state index contributed by atoms with van der Waals surface area (Å²) < 4.78 is 0. The van der Waals surface area contributed by atoms with Crippen molar-refractivity contribution in [2.75, 3.05) is 49.9 Å². The zero-order valence-corrected chi connectivity index (χ0v) is 17.7. The lowest BCUT2D eigenvalue weighted by molar-refractivity contribution is 0.233. The third-order valence-corrected chi connectivity index (χ3v) is 5.20. The normalized spacial score (nSPS) is 14.4. The number of aromatic nitrogens is 3. The summed E-state index contributed by atoms with van der Waals surface area (Å²) >= 11 is 0. The van der Waals surface area contributed by atoms with Crippen LogP contribution in [-0.4, -0.2) is 59.1 Å². The lowest BCUT2D eigenvalue weighted by Gasteiger charge is -2.27. The molecule has 0 bridgehead atoms. The van der Waals surface area contributed by atoms with E-state index in [-0.39, 0.29) is 0 Å². The monoisotopic (exact) mass is 418 g/mol. The Morgan fingerprint density at radius 1 is 1.06 bits per heavy atom. The molecule has 1 aliphatic heterocycles. The van der Waals surface area contributed by atoms with Gasteiger partial charge in [-0.1, -0.05) is 12.1 Å². The van der Waals surface area contributed by atoms with Crippen molar-refractivity contribution >= 4 is 17.5 Å². The van der Waals surface area contributed by atoms with Gasteiger partial charge in [-0.15, -0.1) is 0 Å². The molecule has 0 amide bonds. The Labute approximate surface area is 183 Å². The molecule has 4 rings (SSSR count). The minimum atomic E-state index is 0.571. The molecule has 0 saturated carbocycles. The molecule has 8 heteroatoms. The van der Waals surface area contributed by atoms with Crippen molar-refractivity contribution in [2.24, 2.45) is 5.73 Å². The Morgan fingerprint density at radius 3 is 2.77 bits per heavy atom. The molecule has 3 heterocycles. The molecule has 0 unspecified atom stereocenters. The average Bonchev–Trinajstić information content (AvgIpc) is 2.81. The highest BCUT2D eigenvalue weighted by Crippen LogP contribution is 2.21. The van der Waals surface area contributed by atoms with Gasteiger partial charge in [-0.05, 0) is 48.9 Å². The van der Waals surface area contributed by atoms with E-state index in [9.17, 15) is 0 Å². The lowest BCUT2D eigenvalue weighted by atomic mass is 10.1. The maximum Gasteiger partial charge on any atom is 0.227 e. The molecule has 5 N–H and O–H groups in total. The van der Waals surface area contributed by atoms with Crippen molar-refractivity contribution in [1.29, 1.82) is 0 Å². The first kappa shape index (κ1) is 21.2. The molecule has 0 radical (unpaired) electrons. The van der Waals surface area contributed by atoms with E-state index in [1.807, 2.05) is 30.5 Å². The molecule has 1 saturated heterocycles. The SMILES string of the molecule is NCCCNc1ccc(-c2ccnc(Nc3cccc(CN4CCNCC4)c3)n2)cn1. The minimum absolute atomic E-state index is 0.571. The molecule has 1 aliphatic rings. The molecular weight excluding hydrogens is 388 g/mol. The molecule has 1 fully saturated rings. The predicted molar refractivity (Wildman–Crippen MR) is 125 cm³/mol. The van der Waals surface area contributed by atoms with Gasteiger partial charge >= 0.3 is 0 Å². The number of nitrogens with zero attached hydrogens (tertiary/aromatic N) is 4. The number of nitrogens with two attached hydrogens (primary N) is 1. The molecule has 0 atom stereocenters. The van der Waals surface area contributed by atoms with Crippen LogP contribution in [0.25, 0.3) is 11.3 Å². The lowest BCUT2D eigenvalue weighted by Crippen LogP contribution is -2.42. The van der Waals surface area contributed by atoms with Gasteiger partial charge in [-0.3, -0.25) is 4.90 Å². The largest absolute Gasteiger partial charge is 0.370 e. The van der Waals surface area contributed by atoms with E-state index in [2.05, 4.69) is 54.0 Å². The molecule has 31 heavy (non-hydrogen) atoms. The summed E-state index contributed by atoms with van der Waals surface area (Å²) in [5, 5.41) is 9.99. The smallest absolute Gasteiger partial charge is 0.227 e. The van der Waals surface area contributed by atoms with E-state index in [0.717, 1.165) is 68.5 Å². The Kier molecular flexibility index (Phi) is 7.38. The third kappa shape index (κ3) is 6.21. The standard InChI is InChI=1S/C23H30N8/c24-8-2-9-26-22-6-5-19(16-28-22)21-7-10-27-23(30-21)29-20-4-1-3-18(15-20)17-31-13-11-25-12-14-31/h1,3-7,10,15-16,25H,2,8-9,11-14,17,24H2,(H,26,28)(H,27,29,30). The van der Waals surface area contributed by atoms with Crippen LogP contribution in [0.4, 0.5) is 17.5 Å². The molecule has 8 nitrogen and oxygen atoms in total. The van der Waals surface area contributed by atoms with Crippen LogP contribution >= 0.6 is 0 Å².